The van der Waals surface area contributed by atoms with E-state index in [0.717, 1.165) is 17.0 Å². The van der Waals surface area contributed by atoms with E-state index in [1.54, 1.807) is 0 Å². The number of aromatic amines is 1. The van der Waals surface area contributed by atoms with Crippen molar-refractivity contribution >= 4 is 0 Å². The van der Waals surface area contributed by atoms with Crippen LogP contribution in [0.1, 0.15) is 30.9 Å². The zero-order chi connectivity index (χ0) is 10.1. The first kappa shape index (κ1) is 8.65. The zero-order valence-electron chi connectivity index (χ0n) is 8.48. The molecule has 1 fully saturated rings. The van der Waals surface area contributed by atoms with Gasteiger partial charge in [0.1, 0.15) is 5.69 Å². The van der Waals surface area contributed by atoms with E-state index >= 15 is 0 Å². The van der Waals surface area contributed by atoms with E-state index in [9.17, 15) is 0 Å². The molecule has 1 N–H and O–H groups in total. The van der Waals surface area contributed by atoms with Gasteiger partial charge in [-0.1, -0.05) is 36.8 Å². The molecule has 2 aromatic rings. The van der Waals surface area contributed by atoms with Crippen molar-refractivity contribution in [3.05, 3.63) is 36.0 Å². The highest BCUT2D eigenvalue weighted by atomic mass is 15.3. The Bertz CT molecular complexity index is 443. The molecule has 1 aliphatic carbocycles. The fraction of sp³-hybridized carbons (Fsp3) is 0.333. The first-order chi connectivity index (χ1) is 7.45. The Morgan fingerprint density at radius 3 is 2.53 bits per heavy atom. The maximum absolute atomic E-state index is 4.28. The molecule has 0 spiro atoms. The third-order valence-electron chi connectivity index (χ3n) is 3.11. The Morgan fingerprint density at radius 2 is 1.87 bits per heavy atom. The molecule has 15 heavy (non-hydrogen) atoms. The van der Waals surface area contributed by atoms with Gasteiger partial charge in [0.15, 0.2) is 0 Å². The summed E-state index contributed by atoms with van der Waals surface area (Å²) in [7, 11) is 0. The topological polar surface area (TPSA) is 41.6 Å². The van der Waals surface area contributed by atoms with Crippen LogP contribution < -0.4 is 0 Å². The fourth-order valence-corrected chi connectivity index (χ4v) is 2.01. The monoisotopic (exact) mass is 199 g/mol. The zero-order valence-corrected chi connectivity index (χ0v) is 8.48. The number of hydrogen-bond donors (Lipinski definition) is 1. The lowest BCUT2D eigenvalue weighted by Crippen LogP contribution is -2.10. The average molecular weight is 199 g/mol. The molecule has 76 valence electrons. The summed E-state index contributed by atoms with van der Waals surface area (Å²) < 4.78 is 0. The van der Waals surface area contributed by atoms with Crippen molar-refractivity contribution in [2.45, 2.75) is 25.2 Å². The first-order valence-electron chi connectivity index (χ1n) is 5.41. The van der Waals surface area contributed by atoms with E-state index in [2.05, 4.69) is 27.5 Å². The second-order valence-corrected chi connectivity index (χ2v) is 4.05. The summed E-state index contributed by atoms with van der Waals surface area (Å²) in [6.07, 6.45) is 3.84. The third-order valence-corrected chi connectivity index (χ3v) is 3.11. The standard InChI is InChI=1S/C12H13N3/c1-2-5-9(6-3-1)11-12(14-15-13-11)10-7-4-8-10/h1-3,5-6,10H,4,7-8H2,(H,13,14,15). The molecule has 0 unspecified atom stereocenters. The molecule has 1 aromatic heterocycles. The molecule has 1 heterocycles. The maximum atomic E-state index is 4.28. The van der Waals surface area contributed by atoms with Crippen LogP contribution >= 0.6 is 0 Å². The van der Waals surface area contributed by atoms with Crippen LogP contribution in [0.25, 0.3) is 11.3 Å². The minimum atomic E-state index is 0.624. The van der Waals surface area contributed by atoms with Gasteiger partial charge in [0.25, 0.3) is 0 Å². The van der Waals surface area contributed by atoms with E-state index in [1.165, 1.54) is 19.3 Å². The van der Waals surface area contributed by atoms with Crippen LogP contribution in [-0.4, -0.2) is 15.4 Å². The summed E-state index contributed by atoms with van der Waals surface area (Å²) >= 11 is 0. The van der Waals surface area contributed by atoms with Crippen molar-refractivity contribution < 1.29 is 0 Å². The molecule has 3 rings (SSSR count). The molecule has 0 amide bonds. The van der Waals surface area contributed by atoms with Gasteiger partial charge in [0.2, 0.25) is 0 Å². The van der Waals surface area contributed by atoms with Gasteiger partial charge >= 0.3 is 0 Å². The molecule has 0 aliphatic heterocycles. The highest BCUT2D eigenvalue weighted by Crippen LogP contribution is 2.38. The predicted octanol–water partition coefficient (Wildman–Crippen LogP) is 2.74. The summed E-state index contributed by atoms with van der Waals surface area (Å²) in [5, 5.41) is 11.3. The number of aromatic nitrogens is 3. The van der Waals surface area contributed by atoms with Gasteiger partial charge < -0.3 is 0 Å². The van der Waals surface area contributed by atoms with E-state index in [4.69, 9.17) is 0 Å². The van der Waals surface area contributed by atoms with E-state index in [-0.39, 0.29) is 0 Å². The van der Waals surface area contributed by atoms with Crippen LogP contribution in [0.3, 0.4) is 0 Å². The minimum absolute atomic E-state index is 0.624. The normalized spacial score (nSPS) is 16.3. The van der Waals surface area contributed by atoms with Gasteiger partial charge in [0, 0.05) is 11.5 Å². The summed E-state index contributed by atoms with van der Waals surface area (Å²) in [6.45, 7) is 0. The average Bonchev–Trinajstić information content (AvgIpc) is 2.65. The van der Waals surface area contributed by atoms with Crippen molar-refractivity contribution in [3.63, 3.8) is 0 Å². The molecule has 1 aliphatic rings. The molecule has 0 bridgehead atoms. The quantitative estimate of drug-likeness (QED) is 0.808. The Balaban J connectivity index is 2.01. The number of benzene rings is 1. The van der Waals surface area contributed by atoms with E-state index < -0.39 is 0 Å². The molecule has 3 heteroatoms. The third kappa shape index (κ3) is 1.44. The summed E-state index contributed by atoms with van der Waals surface area (Å²) in [6, 6.07) is 10.3. The second kappa shape index (κ2) is 3.50. The molecule has 3 nitrogen and oxygen atoms in total. The lowest BCUT2D eigenvalue weighted by molar-refractivity contribution is 0.411. The van der Waals surface area contributed by atoms with Crippen LogP contribution in [0.15, 0.2) is 30.3 Å². The van der Waals surface area contributed by atoms with E-state index in [0.29, 0.717) is 5.92 Å². The van der Waals surface area contributed by atoms with Crippen molar-refractivity contribution in [3.8, 4) is 11.3 Å². The highest BCUT2D eigenvalue weighted by molar-refractivity contribution is 5.61. The summed E-state index contributed by atoms with van der Waals surface area (Å²) in [4.78, 5) is 0. The van der Waals surface area contributed by atoms with Crippen molar-refractivity contribution in [2.75, 3.05) is 0 Å². The second-order valence-electron chi connectivity index (χ2n) is 4.05. The SMILES string of the molecule is c1ccc(-c2n[nH]nc2C2CCC2)cc1. The van der Waals surface area contributed by atoms with Crippen LogP contribution in [0, 0.1) is 0 Å². The number of hydrogen-bond acceptors (Lipinski definition) is 2. The molecule has 0 atom stereocenters. The Morgan fingerprint density at radius 1 is 1.07 bits per heavy atom. The Kier molecular flexibility index (Phi) is 2.02. The smallest absolute Gasteiger partial charge is 0.116 e. The number of nitrogens with one attached hydrogen (secondary N) is 1. The van der Waals surface area contributed by atoms with Crippen molar-refractivity contribution in [1.29, 1.82) is 0 Å². The molecule has 1 saturated carbocycles. The van der Waals surface area contributed by atoms with Gasteiger partial charge in [-0.15, -0.1) is 0 Å². The molecular weight excluding hydrogens is 186 g/mol. The highest BCUT2D eigenvalue weighted by Gasteiger charge is 2.25. The largest absolute Gasteiger partial charge is 0.197 e. The number of H-pyrrole nitrogens is 1. The summed E-state index contributed by atoms with van der Waals surface area (Å²) in [5.74, 6) is 0.624. The lowest BCUT2D eigenvalue weighted by Gasteiger charge is -2.23. The number of nitrogens with zero attached hydrogens (tertiary/aromatic N) is 2. The van der Waals surface area contributed by atoms with Crippen LogP contribution in [0.4, 0.5) is 0 Å². The fourth-order valence-electron chi connectivity index (χ4n) is 2.01. The van der Waals surface area contributed by atoms with Gasteiger partial charge in [0.05, 0.1) is 5.69 Å². The van der Waals surface area contributed by atoms with Crippen LogP contribution in [0.5, 0.6) is 0 Å². The molecule has 0 saturated heterocycles. The van der Waals surface area contributed by atoms with Gasteiger partial charge in [-0.3, -0.25) is 0 Å². The van der Waals surface area contributed by atoms with Crippen LogP contribution in [0.2, 0.25) is 0 Å². The Hall–Kier alpha value is -1.64. The predicted molar refractivity (Wildman–Crippen MR) is 58.4 cm³/mol. The van der Waals surface area contributed by atoms with Crippen LogP contribution in [-0.2, 0) is 0 Å². The molecular formula is C12H13N3. The van der Waals surface area contributed by atoms with E-state index in [1.807, 2.05) is 18.2 Å². The van der Waals surface area contributed by atoms with Gasteiger partial charge in [-0.25, -0.2) is 0 Å². The molecule has 0 radical (unpaired) electrons. The summed E-state index contributed by atoms with van der Waals surface area (Å²) in [5.41, 5.74) is 3.33. The van der Waals surface area contributed by atoms with Crippen molar-refractivity contribution in [2.24, 2.45) is 0 Å². The Labute approximate surface area is 88.5 Å². The van der Waals surface area contributed by atoms with Crippen molar-refractivity contribution in [1.82, 2.24) is 15.4 Å². The van der Waals surface area contributed by atoms with Gasteiger partial charge in [-0.2, -0.15) is 15.4 Å². The molecule has 1 aromatic carbocycles. The van der Waals surface area contributed by atoms with Gasteiger partial charge in [-0.05, 0) is 12.8 Å². The number of rotatable bonds is 2. The lowest BCUT2D eigenvalue weighted by atomic mass is 9.81. The minimum Gasteiger partial charge on any atom is -0.197 e. The maximum Gasteiger partial charge on any atom is 0.116 e. The first-order valence-corrected chi connectivity index (χ1v) is 5.41.